The Balaban J connectivity index is 3.67. The molecule has 0 radical (unpaired) electrons. The van der Waals surface area contributed by atoms with Crippen LogP contribution >= 0.6 is 11.6 Å². The van der Waals surface area contributed by atoms with Crippen LogP contribution in [0, 0.1) is 5.92 Å². The maximum atomic E-state index is 11.3. The maximum Gasteiger partial charge on any atom is 0.211 e. The molecule has 0 saturated carbocycles. The quantitative estimate of drug-likeness (QED) is 0.547. The Morgan fingerprint density at radius 2 is 1.86 bits per heavy atom. The Morgan fingerprint density at radius 3 is 2.29 bits per heavy atom. The molecule has 0 aromatic carbocycles. The van der Waals surface area contributed by atoms with E-state index < -0.39 is 10.0 Å². The fraction of sp³-hybridized carbons (Fsp3) is 1.00. The van der Waals surface area contributed by atoms with E-state index in [9.17, 15) is 8.42 Å². The standard InChI is InChI=1S/C9H20ClNO2S/c1-8(2)7-14(12,13)11-6-4-5-9(3)10/h8-9,11H,4-7H2,1-3H3. The predicted molar refractivity (Wildman–Crippen MR) is 61.2 cm³/mol. The highest BCUT2D eigenvalue weighted by atomic mass is 35.5. The number of alkyl halides is 1. The molecular formula is C9H20ClNO2S. The molecular weight excluding hydrogens is 222 g/mol. The molecule has 1 atom stereocenters. The van der Waals surface area contributed by atoms with Gasteiger partial charge in [-0.1, -0.05) is 13.8 Å². The van der Waals surface area contributed by atoms with E-state index in [1.165, 1.54) is 0 Å². The zero-order valence-electron chi connectivity index (χ0n) is 9.09. The summed E-state index contributed by atoms with van der Waals surface area (Å²) in [5.41, 5.74) is 0. The van der Waals surface area contributed by atoms with Crippen LogP contribution in [0.15, 0.2) is 0 Å². The van der Waals surface area contributed by atoms with E-state index in [1.807, 2.05) is 20.8 Å². The first-order valence-electron chi connectivity index (χ1n) is 4.95. The highest BCUT2D eigenvalue weighted by Crippen LogP contribution is 2.03. The van der Waals surface area contributed by atoms with E-state index in [0.717, 1.165) is 12.8 Å². The lowest BCUT2D eigenvalue weighted by atomic mass is 10.2. The molecule has 0 spiro atoms. The third kappa shape index (κ3) is 8.78. The van der Waals surface area contributed by atoms with Crippen LogP contribution in [0.25, 0.3) is 0 Å². The minimum atomic E-state index is -3.07. The summed E-state index contributed by atoms with van der Waals surface area (Å²) >= 11 is 5.73. The molecule has 0 rings (SSSR count). The van der Waals surface area contributed by atoms with Gasteiger partial charge in [-0.15, -0.1) is 11.6 Å². The number of hydrogen-bond acceptors (Lipinski definition) is 2. The van der Waals surface area contributed by atoms with Crippen LogP contribution in [0.3, 0.4) is 0 Å². The summed E-state index contributed by atoms with van der Waals surface area (Å²) in [6.45, 7) is 6.18. The van der Waals surface area contributed by atoms with Crippen molar-refractivity contribution in [3.05, 3.63) is 0 Å². The van der Waals surface area contributed by atoms with Crippen molar-refractivity contribution in [1.82, 2.24) is 4.72 Å². The summed E-state index contributed by atoms with van der Waals surface area (Å²) in [6, 6.07) is 0. The second kappa shape index (κ2) is 6.64. The van der Waals surface area contributed by atoms with E-state index in [0.29, 0.717) is 6.54 Å². The van der Waals surface area contributed by atoms with Crippen molar-refractivity contribution in [3.8, 4) is 0 Å². The van der Waals surface area contributed by atoms with E-state index in [1.54, 1.807) is 0 Å². The first kappa shape index (κ1) is 14.2. The lowest BCUT2D eigenvalue weighted by Crippen LogP contribution is -2.29. The fourth-order valence-corrected chi connectivity index (χ4v) is 2.71. The molecule has 0 aliphatic carbocycles. The molecule has 1 N–H and O–H groups in total. The Labute approximate surface area is 92.3 Å². The summed E-state index contributed by atoms with van der Waals surface area (Å²) in [6.07, 6.45) is 1.63. The summed E-state index contributed by atoms with van der Waals surface area (Å²) in [4.78, 5) is 0. The van der Waals surface area contributed by atoms with Crippen molar-refractivity contribution in [2.75, 3.05) is 12.3 Å². The van der Waals surface area contributed by atoms with Crippen LogP contribution in [0.5, 0.6) is 0 Å². The molecule has 86 valence electrons. The number of sulfonamides is 1. The SMILES string of the molecule is CC(C)CS(=O)(=O)NCCCC(C)Cl. The van der Waals surface area contributed by atoms with Gasteiger partial charge in [0.15, 0.2) is 0 Å². The van der Waals surface area contributed by atoms with Gasteiger partial charge in [0.05, 0.1) is 5.75 Å². The average molecular weight is 242 g/mol. The molecule has 3 nitrogen and oxygen atoms in total. The smallest absolute Gasteiger partial charge is 0.211 e. The van der Waals surface area contributed by atoms with Crippen molar-refractivity contribution < 1.29 is 8.42 Å². The second-order valence-corrected chi connectivity index (χ2v) is 6.59. The first-order valence-corrected chi connectivity index (χ1v) is 7.04. The average Bonchev–Trinajstić information content (AvgIpc) is 1.95. The molecule has 0 fully saturated rings. The minimum absolute atomic E-state index is 0.115. The van der Waals surface area contributed by atoms with Gasteiger partial charge in [-0.2, -0.15) is 0 Å². The Hall–Kier alpha value is 0.200. The number of rotatable bonds is 7. The second-order valence-electron chi connectivity index (χ2n) is 3.99. The van der Waals surface area contributed by atoms with E-state index in [-0.39, 0.29) is 17.0 Å². The van der Waals surface area contributed by atoms with Gasteiger partial charge in [0, 0.05) is 11.9 Å². The van der Waals surface area contributed by atoms with Gasteiger partial charge in [0.1, 0.15) is 0 Å². The Morgan fingerprint density at radius 1 is 1.29 bits per heavy atom. The topological polar surface area (TPSA) is 46.2 Å². The molecule has 0 aromatic heterocycles. The molecule has 5 heteroatoms. The third-order valence-corrected chi connectivity index (χ3v) is 3.62. The molecule has 0 aliphatic heterocycles. The van der Waals surface area contributed by atoms with Crippen LogP contribution in [0.1, 0.15) is 33.6 Å². The number of halogens is 1. The number of hydrogen-bond donors (Lipinski definition) is 1. The maximum absolute atomic E-state index is 11.3. The predicted octanol–water partition coefficient (Wildman–Crippen LogP) is 1.97. The van der Waals surface area contributed by atoms with E-state index >= 15 is 0 Å². The molecule has 1 unspecified atom stereocenters. The van der Waals surface area contributed by atoms with Crippen LogP contribution in [-0.4, -0.2) is 26.1 Å². The fourth-order valence-electron chi connectivity index (χ4n) is 1.11. The van der Waals surface area contributed by atoms with Crippen molar-refractivity contribution in [2.45, 2.75) is 39.0 Å². The molecule has 14 heavy (non-hydrogen) atoms. The van der Waals surface area contributed by atoms with Crippen molar-refractivity contribution in [3.63, 3.8) is 0 Å². The van der Waals surface area contributed by atoms with Gasteiger partial charge >= 0.3 is 0 Å². The molecule has 0 aliphatic rings. The lowest BCUT2D eigenvalue weighted by Gasteiger charge is -2.08. The zero-order chi connectivity index (χ0) is 11.2. The first-order chi connectivity index (χ1) is 6.33. The van der Waals surface area contributed by atoms with Gasteiger partial charge in [-0.05, 0) is 25.7 Å². The van der Waals surface area contributed by atoms with Gasteiger partial charge in [0.2, 0.25) is 10.0 Å². The van der Waals surface area contributed by atoms with Crippen LogP contribution in [0.4, 0.5) is 0 Å². The van der Waals surface area contributed by atoms with Gasteiger partial charge < -0.3 is 0 Å². The van der Waals surface area contributed by atoms with Crippen LogP contribution < -0.4 is 4.72 Å². The van der Waals surface area contributed by atoms with Crippen molar-refractivity contribution in [2.24, 2.45) is 5.92 Å². The van der Waals surface area contributed by atoms with E-state index in [2.05, 4.69) is 4.72 Å². The molecule has 0 heterocycles. The van der Waals surface area contributed by atoms with Gasteiger partial charge in [-0.3, -0.25) is 0 Å². The third-order valence-electron chi connectivity index (χ3n) is 1.65. The Bertz CT molecular complexity index is 237. The highest BCUT2D eigenvalue weighted by molar-refractivity contribution is 7.89. The molecule has 0 aromatic rings. The molecule has 0 bridgehead atoms. The number of nitrogens with one attached hydrogen (secondary N) is 1. The Kier molecular flexibility index (Phi) is 6.74. The zero-order valence-corrected chi connectivity index (χ0v) is 10.7. The molecule has 0 saturated heterocycles. The summed E-state index contributed by atoms with van der Waals surface area (Å²) in [5, 5.41) is 0.115. The molecule has 0 amide bonds. The largest absolute Gasteiger partial charge is 0.215 e. The van der Waals surface area contributed by atoms with Gasteiger partial charge in [-0.25, -0.2) is 13.1 Å². The van der Waals surface area contributed by atoms with Crippen molar-refractivity contribution in [1.29, 1.82) is 0 Å². The van der Waals surface area contributed by atoms with Crippen molar-refractivity contribution >= 4 is 21.6 Å². The highest BCUT2D eigenvalue weighted by Gasteiger charge is 2.11. The van der Waals surface area contributed by atoms with Gasteiger partial charge in [0.25, 0.3) is 0 Å². The normalized spacial score (nSPS) is 14.6. The summed E-state index contributed by atoms with van der Waals surface area (Å²) < 4.78 is 25.2. The minimum Gasteiger partial charge on any atom is -0.215 e. The lowest BCUT2D eigenvalue weighted by molar-refractivity contribution is 0.563. The summed E-state index contributed by atoms with van der Waals surface area (Å²) in [7, 11) is -3.07. The van der Waals surface area contributed by atoms with Crippen LogP contribution in [-0.2, 0) is 10.0 Å². The van der Waals surface area contributed by atoms with E-state index in [4.69, 9.17) is 11.6 Å². The summed E-state index contributed by atoms with van der Waals surface area (Å²) in [5.74, 6) is 0.364. The monoisotopic (exact) mass is 241 g/mol. The van der Waals surface area contributed by atoms with Crippen LogP contribution in [0.2, 0.25) is 0 Å².